The highest BCUT2D eigenvalue weighted by Gasteiger charge is 2.04. The number of nitrogens with zero attached hydrogens (tertiary/aromatic N) is 1. The maximum absolute atomic E-state index is 11.1. The Kier molecular flexibility index (Phi) is 9.46. The average molecular weight is 218 g/mol. The zero-order valence-electron chi connectivity index (χ0n) is 9.70. The van der Waals surface area contributed by atoms with Crippen LogP contribution in [0.2, 0.25) is 0 Å². The summed E-state index contributed by atoms with van der Waals surface area (Å²) in [6.07, 6.45) is 0.538. The van der Waals surface area contributed by atoms with Gasteiger partial charge in [-0.3, -0.25) is 4.79 Å². The number of likely N-dealkylation sites (N-methyl/N-ethyl adjacent to an activating group) is 1. The highest BCUT2D eigenvalue weighted by atomic mass is 16.5. The zero-order chi connectivity index (χ0) is 11.5. The third-order valence-corrected chi connectivity index (χ3v) is 1.93. The Bertz CT molecular complexity index is 165. The largest absolute Gasteiger partial charge is 0.378 e. The number of rotatable bonds is 9. The summed E-state index contributed by atoms with van der Waals surface area (Å²) in [6.45, 7) is 5.24. The lowest BCUT2D eigenvalue weighted by Gasteiger charge is -2.15. The van der Waals surface area contributed by atoms with Crippen LogP contribution in [-0.4, -0.2) is 57.4 Å². The van der Waals surface area contributed by atoms with Crippen molar-refractivity contribution < 1.29 is 14.3 Å². The summed E-state index contributed by atoms with van der Waals surface area (Å²) in [6, 6.07) is 0. The lowest BCUT2D eigenvalue weighted by Crippen LogP contribution is -2.29. The molecule has 0 unspecified atom stereocenters. The van der Waals surface area contributed by atoms with Crippen LogP contribution in [0.15, 0.2) is 0 Å². The van der Waals surface area contributed by atoms with Gasteiger partial charge in [-0.2, -0.15) is 0 Å². The minimum absolute atomic E-state index is 0.137. The predicted octanol–water partition coefficient (Wildman–Crippen LogP) is -0.153. The van der Waals surface area contributed by atoms with Crippen LogP contribution in [-0.2, 0) is 14.3 Å². The van der Waals surface area contributed by atoms with E-state index in [-0.39, 0.29) is 5.91 Å². The molecule has 0 aromatic rings. The fourth-order valence-corrected chi connectivity index (χ4v) is 1.00. The third-order valence-electron chi connectivity index (χ3n) is 1.93. The van der Waals surface area contributed by atoms with E-state index in [0.29, 0.717) is 45.9 Å². The van der Waals surface area contributed by atoms with Crippen molar-refractivity contribution in [3.8, 4) is 0 Å². The minimum Gasteiger partial charge on any atom is -0.378 e. The maximum Gasteiger partial charge on any atom is 0.222 e. The van der Waals surface area contributed by atoms with Crippen molar-refractivity contribution in [2.45, 2.75) is 13.3 Å². The van der Waals surface area contributed by atoms with Gasteiger partial charge in [0, 0.05) is 26.6 Å². The molecule has 2 N–H and O–H groups in total. The van der Waals surface area contributed by atoms with Gasteiger partial charge in [0.15, 0.2) is 0 Å². The first-order valence-corrected chi connectivity index (χ1v) is 5.31. The van der Waals surface area contributed by atoms with Crippen LogP contribution in [0.3, 0.4) is 0 Å². The molecule has 0 rings (SSSR count). The van der Waals surface area contributed by atoms with Crippen LogP contribution >= 0.6 is 0 Å². The van der Waals surface area contributed by atoms with Crippen molar-refractivity contribution >= 4 is 5.91 Å². The van der Waals surface area contributed by atoms with Crippen molar-refractivity contribution in [1.82, 2.24) is 4.90 Å². The van der Waals surface area contributed by atoms with E-state index in [1.165, 1.54) is 0 Å². The molecule has 0 aromatic carbocycles. The summed E-state index contributed by atoms with van der Waals surface area (Å²) in [5, 5.41) is 0. The van der Waals surface area contributed by atoms with Crippen molar-refractivity contribution in [1.29, 1.82) is 0 Å². The highest BCUT2D eigenvalue weighted by Crippen LogP contribution is 1.89. The van der Waals surface area contributed by atoms with Gasteiger partial charge in [-0.15, -0.1) is 0 Å². The minimum atomic E-state index is 0.137. The number of amides is 1. The van der Waals surface area contributed by atoms with Gasteiger partial charge in [-0.05, 0) is 0 Å². The van der Waals surface area contributed by atoms with Crippen molar-refractivity contribution in [2.75, 3.05) is 46.6 Å². The molecule has 0 atom stereocenters. The predicted molar refractivity (Wildman–Crippen MR) is 58.6 cm³/mol. The molecule has 0 fully saturated rings. The Morgan fingerprint density at radius 1 is 1.20 bits per heavy atom. The average Bonchev–Trinajstić information content (AvgIpc) is 2.26. The molecule has 0 radical (unpaired) electrons. The molecule has 0 aliphatic carbocycles. The Morgan fingerprint density at radius 3 is 2.33 bits per heavy atom. The van der Waals surface area contributed by atoms with Crippen LogP contribution in [0.4, 0.5) is 0 Å². The van der Waals surface area contributed by atoms with Gasteiger partial charge in [0.2, 0.25) is 5.91 Å². The van der Waals surface area contributed by atoms with Gasteiger partial charge < -0.3 is 20.1 Å². The zero-order valence-corrected chi connectivity index (χ0v) is 9.70. The van der Waals surface area contributed by atoms with Gasteiger partial charge in [0.25, 0.3) is 0 Å². The number of carbonyl (C=O) groups excluding carboxylic acids is 1. The van der Waals surface area contributed by atoms with Gasteiger partial charge in [0.1, 0.15) is 0 Å². The molecule has 5 heteroatoms. The van der Waals surface area contributed by atoms with Gasteiger partial charge in [0.05, 0.1) is 26.4 Å². The second kappa shape index (κ2) is 9.89. The Balaban J connectivity index is 3.20. The Morgan fingerprint density at radius 2 is 1.80 bits per heavy atom. The number of nitrogens with two attached hydrogens (primary N) is 1. The Labute approximate surface area is 91.5 Å². The summed E-state index contributed by atoms with van der Waals surface area (Å²) < 4.78 is 10.4. The molecule has 15 heavy (non-hydrogen) atoms. The van der Waals surface area contributed by atoms with Gasteiger partial charge in [-0.1, -0.05) is 6.92 Å². The fraction of sp³-hybridized carbons (Fsp3) is 0.900. The lowest BCUT2D eigenvalue weighted by atomic mass is 10.4. The number of hydrogen-bond acceptors (Lipinski definition) is 4. The fourth-order valence-electron chi connectivity index (χ4n) is 1.00. The second-order valence-electron chi connectivity index (χ2n) is 3.18. The molecule has 0 saturated heterocycles. The molecule has 0 aromatic heterocycles. The monoisotopic (exact) mass is 218 g/mol. The van der Waals surface area contributed by atoms with E-state index in [2.05, 4.69) is 0 Å². The van der Waals surface area contributed by atoms with E-state index < -0.39 is 0 Å². The topological polar surface area (TPSA) is 64.8 Å². The summed E-state index contributed by atoms with van der Waals surface area (Å²) in [5.41, 5.74) is 5.25. The van der Waals surface area contributed by atoms with Gasteiger partial charge in [-0.25, -0.2) is 0 Å². The Hall–Kier alpha value is -0.650. The van der Waals surface area contributed by atoms with Crippen LogP contribution in [0.25, 0.3) is 0 Å². The lowest BCUT2D eigenvalue weighted by molar-refractivity contribution is -0.130. The molecule has 0 aliphatic rings. The third kappa shape index (κ3) is 8.35. The van der Waals surface area contributed by atoms with Crippen molar-refractivity contribution in [3.05, 3.63) is 0 Å². The van der Waals surface area contributed by atoms with Crippen molar-refractivity contribution in [2.24, 2.45) is 5.73 Å². The van der Waals surface area contributed by atoms with Crippen LogP contribution in [0.5, 0.6) is 0 Å². The molecule has 0 aliphatic heterocycles. The number of ether oxygens (including phenoxy) is 2. The summed E-state index contributed by atoms with van der Waals surface area (Å²) >= 11 is 0. The summed E-state index contributed by atoms with van der Waals surface area (Å²) in [4.78, 5) is 12.8. The number of hydrogen-bond donors (Lipinski definition) is 1. The smallest absolute Gasteiger partial charge is 0.222 e. The molecule has 1 amide bonds. The van der Waals surface area contributed by atoms with Crippen LogP contribution in [0.1, 0.15) is 13.3 Å². The van der Waals surface area contributed by atoms with E-state index in [9.17, 15) is 4.79 Å². The summed E-state index contributed by atoms with van der Waals surface area (Å²) in [5.74, 6) is 0.137. The first-order valence-electron chi connectivity index (χ1n) is 5.31. The molecule has 0 spiro atoms. The van der Waals surface area contributed by atoms with Gasteiger partial charge >= 0.3 is 0 Å². The van der Waals surface area contributed by atoms with E-state index in [0.717, 1.165) is 0 Å². The molecule has 0 heterocycles. The summed E-state index contributed by atoms with van der Waals surface area (Å²) in [7, 11) is 1.78. The standard InChI is InChI=1S/C10H22N2O3/c1-3-10(13)12(2)5-7-15-9-8-14-6-4-11/h3-9,11H2,1-2H3. The van der Waals surface area contributed by atoms with E-state index in [1.54, 1.807) is 11.9 Å². The maximum atomic E-state index is 11.1. The normalized spacial score (nSPS) is 10.3. The number of carbonyl (C=O) groups is 1. The molecule has 0 saturated carbocycles. The molecular formula is C10H22N2O3. The molecule has 90 valence electrons. The quantitative estimate of drug-likeness (QED) is 0.546. The van der Waals surface area contributed by atoms with Crippen LogP contribution in [0, 0.1) is 0 Å². The molecule has 5 nitrogen and oxygen atoms in total. The molecular weight excluding hydrogens is 196 g/mol. The highest BCUT2D eigenvalue weighted by molar-refractivity contribution is 5.75. The van der Waals surface area contributed by atoms with E-state index >= 15 is 0 Å². The van der Waals surface area contributed by atoms with Crippen molar-refractivity contribution in [3.63, 3.8) is 0 Å². The molecule has 0 bridgehead atoms. The first-order chi connectivity index (χ1) is 7.22. The van der Waals surface area contributed by atoms with E-state index in [4.69, 9.17) is 15.2 Å². The van der Waals surface area contributed by atoms with Crippen LogP contribution < -0.4 is 5.73 Å². The second-order valence-corrected chi connectivity index (χ2v) is 3.18. The van der Waals surface area contributed by atoms with E-state index in [1.807, 2.05) is 6.92 Å². The SMILES string of the molecule is CCC(=O)N(C)CCOCCOCCN. The first kappa shape index (κ1) is 14.3.